The lowest BCUT2D eigenvalue weighted by Gasteiger charge is -2.12. The van der Waals surface area contributed by atoms with E-state index in [0.29, 0.717) is 23.4 Å². The molecule has 2 amide bonds. The number of anilines is 3. The van der Waals surface area contributed by atoms with Crippen LogP contribution in [0.2, 0.25) is 0 Å². The number of nitrogens with one attached hydrogen (secondary N) is 3. The summed E-state index contributed by atoms with van der Waals surface area (Å²) in [7, 11) is 0. The molecule has 3 heterocycles. The number of hydrogen-bond acceptors (Lipinski definition) is 5. The van der Waals surface area contributed by atoms with E-state index in [1.54, 1.807) is 0 Å². The summed E-state index contributed by atoms with van der Waals surface area (Å²) in [6.07, 6.45) is 8.32. The van der Waals surface area contributed by atoms with Crippen molar-refractivity contribution < 1.29 is 4.79 Å². The Labute approximate surface area is 201 Å². The number of aromatic amines is 1. The number of imidazole rings is 1. The van der Waals surface area contributed by atoms with Gasteiger partial charge in [0.25, 0.3) is 0 Å². The molecule has 0 unspecified atom stereocenters. The number of rotatable bonds is 4. The Morgan fingerprint density at radius 3 is 2.60 bits per heavy atom. The third-order valence-electron chi connectivity index (χ3n) is 6.66. The molecular weight excluding hydrogens is 440 g/mol. The van der Waals surface area contributed by atoms with Gasteiger partial charge in [-0.2, -0.15) is 0 Å². The van der Waals surface area contributed by atoms with Crippen molar-refractivity contribution in [3.05, 3.63) is 60.6 Å². The molecule has 1 saturated carbocycles. The molecule has 0 saturated heterocycles. The van der Waals surface area contributed by atoms with Gasteiger partial charge in [-0.1, -0.05) is 30.5 Å². The second-order valence-electron chi connectivity index (χ2n) is 9.11. The molecule has 0 bridgehead atoms. The molecule has 2 aromatic carbocycles. The van der Waals surface area contributed by atoms with Gasteiger partial charge in [0.15, 0.2) is 0 Å². The maximum absolute atomic E-state index is 12.5. The van der Waals surface area contributed by atoms with E-state index in [9.17, 15) is 4.79 Å². The quantitative estimate of drug-likeness (QED) is 0.273. The summed E-state index contributed by atoms with van der Waals surface area (Å²) >= 11 is 0. The fraction of sp³-hybridized carbons (Fsp3) is 0.231. The molecule has 5 N–H and O–H groups in total. The molecule has 3 aromatic heterocycles. The van der Waals surface area contributed by atoms with Gasteiger partial charge in [0, 0.05) is 29.2 Å². The van der Waals surface area contributed by atoms with Crippen molar-refractivity contribution >= 4 is 45.3 Å². The number of nitrogens with two attached hydrogens (primary N) is 1. The molecule has 0 aliphatic heterocycles. The van der Waals surface area contributed by atoms with Crippen LogP contribution >= 0.6 is 0 Å². The van der Waals surface area contributed by atoms with Gasteiger partial charge in [-0.25, -0.2) is 19.7 Å². The molecule has 6 rings (SSSR count). The van der Waals surface area contributed by atoms with Gasteiger partial charge in [0.2, 0.25) is 0 Å². The van der Waals surface area contributed by atoms with Gasteiger partial charge in [0.05, 0.1) is 16.4 Å². The van der Waals surface area contributed by atoms with Gasteiger partial charge in [-0.3, -0.25) is 0 Å². The Balaban J connectivity index is 1.31. The van der Waals surface area contributed by atoms with E-state index < -0.39 is 0 Å². The summed E-state index contributed by atoms with van der Waals surface area (Å²) in [5.74, 6) is 1.14. The van der Waals surface area contributed by atoms with Gasteiger partial charge in [-0.05, 0) is 50.1 Å². The maximum Gasteiger partial charge on any atom is 0.323 e. The fourth-order valence-corrected chi connectivity index (χ4v) is 4.89. The van der Waals surface area contributed by atoms with Crippen LogP contribution in [0.3, 0.4) is 0 Å². The van der Waals surface area contributed by atoms with E-state index >= 15 is 0 Å². The summed E-state index contributed by atoms with van der Waals surface area (Å²) in [6, 6.07) is 13.3. The van der Waals surface area contributed by atoms with E-state index in [1.807, 2.05) is 49.4 Å². The van der Waals surface area contributed by atoms with Crippen LogP contribution in [0.25, 0.3) is 33.5 Å². The minimum atomic E-state index is -0.308. The van der Waals surface area contributed by atoms with Crippen molar-refractivity contribution in [2.45, 2.75) is 38.6 Å². The number of carbonyl (C=O) groups is 1. The number of aromatic nitrogens is 5. The number of amides is 2. The summed E-state index contributed by atoms with van der Waals surface area (Å²) in [4.78, 5) is 29.4. The molecule has 5 aromatic rings. The third-order valence-corrected chi connectivity index (χ3v) is 6.66. The van der Waals surface area contributed by atoms with Crippen LogP contribution < -0.4 is 16.4 Å². The topological polar surface area (TPSA) is 127 Å². The van der Waals surface area contributed by atoms with Gasteiger partial charge in [0.1, 0.15) is 23.6 Å². The van der Waals surface area contributed by atoms with Crippen molar-refractivity contribution in [1.29, 1.82) is 0 Å². The van der Waals surface area contributed by atoms with Crippen LogP contribution in [0.1, 0.15) is 37.3 Å². The van der Waals surface area contributed by atoms with Crippen molar-refractivity contribution in [2.75, 3.05) is 16.4 Å². The molecule has 0 radical (unpaired) electrons. The van der Waals surface area contributed by atoms with Crippen molar-refractivity contribution in [3.8, 4) is 11.4 Å². The molecule has 9 heteroatoms. The second-order valence-corrected chi connectivity index (χ2v) is 9.11. The van der Waals surface area contributed by atoms with E-state index in [0.717, 1.165) is 51.7 Å². The first-order chi connectivity index (χ1) is 17.0. The average molecular weight is 467 g/mol. The minimum Gasteiger partial charge on any atom is -0.383 e. The highest BCUT2D eigenvalue weighted by Gasteiger charge is 2.24. The summed E-state index contributed by atoms with van der Waals surface area (Å²) in [6.45, 7) is 2.01. The number of hydrogen-bond donors (Lipinski definition) is 4. The zero-order valence-corrected chi connectivity index (χ0v) is 19.4. The van der Waals surface area contributed by atoms with Gasteiger partial charge in [-0.15, -0.1) is 0 Å². The molecule has 1 aliphatic rings. The van der Waals surface area contributed by atoms with Crippen LogP contribution in [0.4, 0.5) is 22.0 Å². The number of aryl methyl sites for hydroxylation is 1. The zero-order valence-electron chi connectivity index (χ0n) is 19.4. The number of benzene rings is 2. The predicted molar refractivity (Wildman–Crippen MR) is 138 cm³/mol. The molecule has 176 valence electrons. The average Bonchev–Trinajstić information content (AvgIpc) is 3.58. The van der Waals surface area contributed by atoms with Crippen molar-refractivity contribution in [1.82, 2.24) is 24.5 Å². The second kappa shape index (κ2) is 8.43. The van der Waals surface area contributed by atoms with E-state index in [4.69, 9.17) is 10.7 Å². The Hall–Kier alpha value is -4.40. The first kappa shape index (κ1) is 21.2. The number of nitrogens with zero attached hydrogens (tertiary/aromatic N) is 4. The largest absolute Gasteiger partial charge is 0.383 e. The van der Waals surface area contributed by atoms with Gasteiger partial charge < -0.3 is 25.9 Å². The van der Waals surface area contributed by atoms with Crippen molar-refractivity contribution in [2.24, 2.45) is 0 Å². The molecule has 1 aliphatic carbocycles. The van der Waals surface area contributed by atoms with Gasteiger partial charge >= 0.3 is 6.03 Å². The molecule has 35 heavy (non-hydrogen) atoms. The summed E-state index contributed by atoms with van der Waals surface area (Å²) in [5.41, 5.74) is 12.1. The minimum absolute atomic E-state index is 0.308. The van der Waals surface area contributed by atoms with Crippen molar-refractivity contribution in [3.63, 3.8) is 0 Å². The lowest BCUT2D eigenvalue weighted by Crippen LogP contribution is -2.19. The number of urea groups is 1. The number of nitrogen functional groups attached to an aromatic ring is 1. The predicted octanol–water partition coefficient (Wildman–Crippen LogP) is 5.62. The zero-order chi connectivity index (χ0) is 23.9. The highest BCUT2D eigenvalue weighted by Crippen LogP contribution is 2.38. The van der Waals surface area contributed by atoms with E-state index in [1.165, 1.54) is 19.2 Å². The number of carbonyl (C=O) groups excluding carboxylic acids is 1. The highest BCUT2D eigenvalue weighted by atomic mass is 16.2. The normalized spacial score (nSPS) is 14.1. The van der Waals surface area contributed by atoms with Crippen LogP contribution in [0, 0.1) is 6.92 Å². The van der Waals surface area contributed by atoms with Crippen LogP contribution in [0.5, 0.6) is 0 Å². The van der Waals surface area contributed by atoms with Crippen LogP contribution in [-0.2, 0) is 0 Å². The van der Waals surface area contributed by atoms with E-state index in [2.05, 4.69) is 36.3 Å². The molecular formula is C26H26N8O. The third kappa shape index (κ3) is 3.95. The van der Waals surface area contributed by atoms with E-state index in [-0.39, 0.29) is 6.03 Å². The molecule has 9 nitrogen and oxygen atoms in total. The Morgan fingerprint density at radius 1 is 1.06 bits per heavy atom. The Bertz CT molecular complexity index is 1540. The Morgan fingerprint density at radius 2 is 1.80 bits per heavy atom. The maximum atomic E-state index is 12.5. The van der Waals surface area contributed by atoms with Crippen LogP contribution in [-0.4, -0.2) is 30.5 Å². The standard InChI is InChI=1S/C26H26N8O/c1-15-6-8-16(9-7-15)30-26(35)31-17-10-11-20-21(12-17)33-24(32-20)19-13-34(18-4-2-3-5-18)25-22(19)23(27)28-14-29-25/h6-14,18H,2-5H2,1H3,(H,32,33)(H2,27,28,29)(H2,30,31,35). The summed E-state index contributed by atoms with van der Waals surface area (Å²) in [5, 5.41) is 6.54. The lowest BCUT2D eigenvalue weighted by molar-refractivity contribution is 0.262. The SMILES string of the molecule is Cc1ccc(NC(=O)Nc2ccc3nc(-c4cn(C5CCCC5)c5ncnc(N)c45)[nH]c3c2)cc1. The first-order valence-electron chi connectivity index (χ1n) is 11.8. The number of fused-ring (bicyclic) bond motifs is 2. The molecule has 0 atom stereocenters. The number of H-pyrrole nitrogens is 1. The smallest absolute Gasteiger partial charge is 0.323 e. The molecule has 1 fully saturated rings. The summed E-state index contributed by atoms with van der Waals surface area (Å²) < 4.78 is 2.23. The van der Waals surface area contributed by atoms with Crippen LogP contribution in [0.15, 0.2) is 55.0 Å². The first-order valence-corrected chi connectivity index (χ1v) is 11.8. The Kier molecular flexibility index (Phi) is 5.09. The fourth-order valence-electron chi connectivity index (χ4n) is 4.89. The lowest BCUT2D eigenvalue weighted by atomic mass is 10.2. The monoisotopic (exact) mass is 466 g/mol. The molecule has 0 spiro atoms. The highest BCUT2D eigenvalue weighted by molar-refractivity contribution is 6.02.